The van der Waals surface area contributed by atoms with Crippen LogP contribution in [-0.2, 0) is 18.7 Å². The fourth-order valence-electron chi connectivity index (χ4n) is 3.90. The summed E-state index contributed by atoms with van der Waals surface area (Å²) in [5.74, 6) is 0.328. The van der Waals surface area contributed by atoms with Crippen LogP contribution < -0.4 is 4.74 Å². The maximum Gasteiger partial charge on any atom is 0.274 e. The SMILES string of the molecule is CC(C)(C)c1ccc(OCn2ccc(C(=O)N3CCN(Cc4ccc(F)cc4Cl)CC3)n2)cc1. The van der Waals surface area contributed by atoms with Gasteiger partial charge >= 0.3 is 0 Å². The molecule has 1 saturated heterocycles. The summed E-state index contributed by atoms with van der Waals surface area (Å²) in [6, 6.07) is 14.2. The Balaban J connectivity index is 1.27. The van der Waals surface area contributed by atoms with Gasteiger partial charge in [0.15, 0.2) is 12.4 Å². The lowest BCUT2D eigenvalue weighted by molar-refractivity contribution is 0.0620. The number of nitrogens with zero attached hydrogens (tertiary/aromatic N) is 4. The number of piperazine rings is 1. The molecule has 34 heavy (non-hydrogen) atoms. The van der Waals surface area contributed by atoms with Crippen molar-refractivity contribution < 1.29 is 13.9 Å². The first-order valence-electron chi connectivity index (χ1n) is 11.4. The van der Waals surface area contributed by atoms with E-state index >= 15 is 0 Å². The zero-order valence-corrected chi connectivity index (χ0v) is 20.6. The van der Waals surface area contributed by atoms with Gasteiger partial charge in [0.1, 0.15) is 11.6 Å². The van der Waals surface area contributed by atoms with Gasteiger partial charge in [-0.05, 0) is 46.9 Å². The summed E-state index contributed by atoms with van der Waals surface area (Å²) in [5, 5.41) is 4.82. The molecule has 6 nitrogen and oxygen atoms in total. The summed E-state index contributed by atoms with van der Waals surface area (Å²) in [6.07, 6.45) is 1.75. The van der Waals surface area contributed by atoms with Gasteiger partial charge in [0.2, 0.25) is 0 Å². The van der Waals surface area contributed by atoms with Crippen LogP contribution in [0.3, 0.4) is 0 Å². The summed E-state index contributed by atoms with van der Waals surface area (Å²) in [7, 11) is 0. The molecule has 180 valence electrons. The molecule has 0 spiro atoms. The lowest BCUT2D eigenvalue weighted by atomic mass is 9.87. The zero-order chi connectivity index (χ0) is 24.3. The highest BCUT2D eigenvalue weighted by Crippen LogP contribution is 2.24. The first-order valence-corrected chi connectivity index (χ1v) is 11.8. The third kappa shape index (κ3) is 5.96. The highest BCUT2D eigenvalue weighted by Gasteiger charge is 2.24. The average Bonchev–Trinajstić information content (AvgIpc) is 3.28. The number of carbonyl (C=O) groups is 1. The summed E-state index contributed by atoms with van der Waals surface area (Å²) in [5.41, 5.74) is 2.62. The molecular formula is C26H30ClFN4O2. The van der Waals surface area contributed by atoms with Gasteiger partial charge in [-0.25, -0.2) is 9.07 Å². The minimum Gasteiger partial charge on any atom is -0.471 e. The highest BCUT2D eigenvalue weighted by atomic mass is 35.5. The van der Waals surface area contributed by atoms with Crippen LogP contribution in [0.1, 0.15) is 42.4 Å². The molecule has 2 aromatic carbocycles. The normalized spacial score (nSPS) is 14.9. The van der Waals surface area contributed by atoms with Crippen molar-refractivity contribution in [2.24, 2.45) is 0 Å². The number of aromatic nitrogens is 2. The maximum atomic E-state index is 13.3. The number of benzene rings is 2. The molecule has 4 rings (SSSR count). The molecule has 2 heterocycles. The van der Waals surface area contributed by atoms with Crippen molar-refractivity contribution in [3.8, 4) is 5.75 Å². The summed E-state index contributed by atoms with van der Waals surface area (Å²) in [6.45, 7) is 10.0. The second-order valence-corrected chi connectivity index (χ2v) is 10.00. The van der Waals surface area contributed by atoms with E-state index in [0.29, 0.717) is 43.4 Å². The van der Waals surface area contributed by atoms with Crippen LogP contribution in [0.25, 0.3) is 0 Å². The predicted octanol–water partition coefficient (Wildman–Crippen LogP) is 4.97. The van der Waals surface area contributed by atoms with Crippen molar-refractivity contribution >= 4 is 17.5 Å². The number of hydrogen-bond acceptors (Lipinski definition) is 4. The molecule has 1 fully saturated rings. The summed E-state index contributed by atoms with van der Waals surface area (Å²) < 4.78 is 20.7. The van der Waals surface area contributed by atoms with E-state index in [9.17, 15) is 9.18 Å². The second-order valence-electron chi connectivity index (χ2n) is 9.59. The van der Waals surface area contributed by atoms with Crippen LogP contribution in [0.2, 0.25) is 5.02 Å². The first-order chi connectivity index (χ1) is 16.2. The minimum absolute atomic E-state index is 0.0901. The van der Waals surface area contributed by atoms with Gasteiger partial charge in [0.25, 0.3) is 5.91 Å². The van der Waals surface area contributed by atoms with Crippen molar-refractivity contribution in [3.63, 3.8) is 0 Å². The third-order valence-corrected chi connectivity index (χ3v) is 6.36. The van der Waals surface area contributed by atoms with Gasteiger partial charge in [-0.2, -0.15) is 5.10 Å². The van der Waals surface area contributed by atoms with Gasteiger partial charge in [0.05, 0.1) is 0 Å². The summed E-state index contributed by atoms with van der Waals surface area (Å²) in [4.78, 5) is 16.9. The van der Waals surface area contributed by atoms with Crippen LogP contribution in [0.5, 0.6) is 5.75 Å². The molecular weight excluding hydrogens is 455 g/mol. The smallest absolute Gasteiger partial charge is 0.274 e. The Hall–Kier alpha value is -2.90. The molecule has 1 amide bonds. The van der Waals surface area contributed by atoms with E-state index in [2.05, 4.69) is 42.9 Å². The monoisotopic (exact) mass is 484 g/mol. The van der Waals surface area contributed by atoms with Crippen molar-refractivity contribution in [2.45, 2.75) is 39.5 Å². The van der Waals surface area contributed by atoms with Crippen molar-refractivity contribution in [2.75, 3.05) is 26.2 Å². The average molecular weight is 485 g/mol. The molecule has 8 heteroatoms. The molecule has 0 atom stereocenters. The van der Waals surface area contributed by atoms with Crippen LogP contribution in [0, 0.1) is 5.82 Å². The van der Waals surface area contributed by atoms with Crippen LogP contribution in [-0.4, -0.2) is 51.7 Å². The molecule has 0 N–H and O–H groups in total. The lowest BCUT2D eigenvalue weighted by Gasteiger charge is -2.34. The van der Waals surface area contributed by atoms with Gasteiger partial charge in [-0.3, -0.25) is 9.69 Å². The Morgan fingerprint density at radius 3 is 2.41 bits per heavy atom. The Bertz CT molecular complexity index is 1130. The molecule has 0 unspecified atom stereocenters. The Morgan fingerprint density at radius 1 is 1.06 bits per heavy atom. The van der Waals surface area contributed by atoms with E-state index in [1.165, 1.54) is 17.7 Å². The Kier molecular flexibility index (Phi) is 7.24. The van der Waals surface area contributed by atoms with Crippen LogP contribution in [0.15, 0.2) is 54.7 Å². The fraction of sp³-hybridized carbons (Fsp3) is 0.385. The molecule has 1 aliphatic heterocycles. The van der Waals surface area contributed by atoms with E-state index in [1.807, 2.05) is 17.0 Å². The quantitative estimate of drug-likeness (QED) is 0.496. The van der Waals surface area contributed by atoms with Crippen molar-refractivity contribution in [1.82, 2.24) is 19.6 Å². The van der Waals surface area contributed by atoms with Gasteiger partial charge in [0, 0.05) is 43.9 Å². The predicted molar refractivity (Wildman–Crippen MR) is 131 cm³/mol. The van der Waals surface area contributed by atoms with Gasteiger partial charge < -0.3 is 9.64 Å². The minimum atomic E-state index is -0.340. The van der Waals surface area contributed by atoms with Crippen LogP contribution in [0.4, 0.5) is 4.39 Å². The molecule has 0 aliphatic carbocycles. The third-order valence-electron chi connectivity index (χ3n) is 6.01. The molecule has 0 radical (unpaired) electrons. The van der Waals surface area contributed by atoms with Crippen molar-refractivity contribution in [3.05, 3.63) is 82.4 Å². The summed E-state index contributed by atoms with van der Waals surface area (Å²) >= 11 is 6.15. The number of amides is 1. The largest absolute Gasteiger partial charge is 0.471 e. The second kappa shape index (κ2) is 10.2. The molecule has 0 bridgehead atoms. The van der Waals surface area contributed by atoms with Crippen LogP contribution >= 0.6 is 11.6 Å². The molecule has 3 aromatic rings. The highest BCUT2D eigenvalue weighted by molar-refractivity contribution is 6.31. The lowest BCUT2D eigenvalue weighted by Crippen LogP contribution is -2.48. The zero-order valence-electron chi connectivity index (χ0n) is 19.8. The molecule has 1 aliphatic rings. The number of carbonyl (C=O) groups excluding carboxylic acids is 1. The fourth-order valence-corrected chi connectivity index (χ4v) is 4.13. The first kappa shape index (κ1) is 24.2. The number of halogens is 2. The van der Waals surface area contributed by atoms with E-state index in [1.54, 1.807) is 23.0 Å². The Labute approximate surface area is 204 Å². The number of hydrogen-bond donors (Lipinski definition) is 0. The molecule has 1 aromatic heterocycles. The standard InChI is InChI=1S/C26H30ClFN4O2/c1-26(2,3)20-5-8-22(9-6-20)34-18-32-11-10-24(29-32)25(33)31-14-12-30(13-15-31)17-19-4-7-21(28)16-23(19)27/h4-11,16H,12-15,17-18H2,1-3H3. The van der Waals surface area contributed by atoms with E-state index in [4.69, 9.17) is 16.3 Å². The Morgan fingerprint density at radius 2 is 1.76 bits per heavy atom. The van der Waals surface area contributed by atoms with E-state index in [0.717, 1.165) is 11.3 Å². The number of rotatable bonds is 6. The van der Waals surface area contributed by atoms with E-state index in [-0.39, 0.29) is 23.9 Å². The van der Waals surface area contributed by atoms with Crippen molar-refractivity contribution in [1.29, 1.82) is 0 Å². The van der Waals surface area contributed by atoms with Gasteiger partial charge in [-0.15, -0.1) is 0 Å². The van der Waals surface area contributed by atoms with E-state index < -0.39 is 0 Å². The maximum absolute atomic E-state index is 13.3. The molecule has 0 saturated carbocycles. The number of ether oxygens (including phenoxy) is 1. The van der Waals surface area contributed by atoms with Gasteiger partial charge in [-0.1, -0.05) is 50.6 Å². The topological polar surface area (TPSA) is 50.6 Å².